The maximum Gasteiger partial charge on any atom is 0.151 e. The molecule has 0 fully saturated rings. The van der Waals surface area contributed by atoms with Crippen molar-refractivity contribution < 1.29 is 24.9 Å². The van der Waals surface area contributed by atoms with Gasteiger partial charge in [0.1, 0.15) is 0 Å². The second-order valence-corrected chi connectivity index (χ2v) is 8.93. The molecule has 4 aromatic rings. The number of carbonyl (C=O) groups is 1. The third kappa shape index (κ3) is 6.58. The van der Waals surface area contributed by atoms with Crippen LogP contribution >= 0.6 is 11.3 Å². The fourth-order valence-electron chi connectivity index (χ4n) is 3.62. The van der Waals surface area contributed by atoms with E-state index in [4.69, 9.17) is 4.98 Å². The van der Waals surface area contributed by atoms with E-state index in [1.165, 1.54) is 28.0 Å². The fourth-order valence-corrected chi connectivity index (χ4v) is 4.53. The predicted molar refractivity (Wildman–Crippen MR) is 134 cm³/mol. The molecule has 2 heterocycles. The van der Waals surface area contributed by atoms with Crippen LogP contribution in [0.2, 0.25) is 0 Å². The largest absolute Gasteiger partial charge is 0.686 e. The van der Waals surface area contributed by atoms with E-state index in [0.29, 0.717) is 0 Å². The van der Waals surface area contributed by atoms with Crippen LogP contribution in [0, 0.1) is 19.9 Å². The average Bonchev–Trinajstić information content (AvgIpc) is 3.16. The Hall–Kier alpha value is -2.33. The number of nitrogens with zero attached hydrogens (tertiary/aromatic N) is 2. The first kappa shape index (κ1) is 25.9. The number of para-hydroxylation sites is 1. The minimum absolute atomic E-state index is 0. The van der Waals surface area contributed by atoms with Crippen LogP contribution < -0.4 is 0 Å². The van der Waals surface area contributed by atoms with Gasteiger partial charge in [-0.05, 0) is 35.9 Å². The molecule has 0 unspecified atom stereocenters. The van der Waals surface area contributed by atoms with Crippen molar-refractivity contribution in [2.75, 3.05) is 0 Å². The Balaban J connectivity index is 0.000000285. The van der Waals surface area contributed by atoms with Crippen molar-refractivity contribution in [3.8, 4) is 11.3 Å². The zero-order valence-electron chi connectivity index (χ0n) is 19.3. The summed E-state index contributed by atoms with van der Waals surface area (Å²) in [6.45, 7) is 11.5. The van der Waals surface area contributed by atoms with Crippen LogP contribution in [0.3, 0.4) is 0 Å². The van der Waals surface area contributed by atoms with Crippen molar-refractivity contribution in [2.24, 2.45) is 0 Å². The summed E-state index contributed by atoms with van der Waals surface area (Å²) in [6, 6.07) is 18.6. The molecule has 1 radical (unpaired) electrons. The van der Waals surface area contributed by atoms with Gasteiger partial charge in [0.15, 0.2) is 5.78 Å². The standard InChI is InChI=1S/C19H14NS.C8H15NO.Ir/c1-12-9-13(2)11-14(10-12)18-19-16(7-8-21-19)15-5-3-4-6-17(15)20-18;1-6(2)9-7(3)5-8(4)10;/h3-10H,1-2H3;5-6H,1-4H3,(H,9,10);/q-1;;/p-1. The van der Waals surface area contributed by atoms with Crippen LogP contribution in [0.1, 0.15) is 38.8 Å². The molecule has 32 heavy (non-hydrogen) atoms. The van der Waals surface area contributed by atoms with Crippen molar-refractivity contribution in [2.45, 2.75) is 47.6 Å². The Bertz CT molecular complexity index is 1240. The van der Waals surface area contributed by atoms with Crippen LogP contribution in [-0.4, -0.2) is 16.8 Å². The first-order valence-electron chi connectivity index (χ1n) is 10.4. The number of pyridine rings is 1. The molecular weight excluding hydrogens is 593 g/mol. The van der Waals surface area contributed by atoms with Crippen molar-refractivity contribution in [1.29, 1.82) is 0 Å². The Morgan fingerprint density at radius 2 is 1.81 bits per heavy atom. The molecule has 0 saturated carbocycles. The molecule has 0 aliphatic heterocycles. The molecule has 2 aromatic heterocycles. The van der Waals surface area contributed by atoms with E-state index in [0.717, 1.165) is 28.0 Å². The number of aromatic nitrogens is 1. The van der Waals surface area contributed by atoms with Crippen LogP contribution in [0.15, 0.2) is 59.6 Å². The second kappa shape index (κ2) is 11.5. The molecule has 4 rings (SSSR count). The van der Waals surface area contributed by atoms with E-state index >= 15 is 0 Å². The van der Waals surface area contributed by atoms with Crippen molar-refractivity contribution in [1.82, 2.24) is 4.98 Å². The molecular formula is C27H28IrN2OS-2. The summed E-state index contributed by atoms with van der Waals surface area (Å²) in [4.78, 5) is 15.4. The van der Waals surface area contributed by atoms with E-state index in [9.17, 15) is 4.79 Å². The van der Waals surface area contributed by atoms with Crippen molar-refractivity contribution in [3.63, 3.8) is 0 Å². The Morgan fingerprint density at radius 1 is 1.09 bits per heavy atom. The summed E-state index contributed by atoms with van der Waals surface area (Å²) in [6.07, 6.45) is 1.54. The summed E-state index contributed by atoms with van der Waals surface area (Å²) in [5, 5.41) is 8.81. The van der Waals surface area contributed by atoms with Gasteiger partial charge in [0.25, 0.3) is 0 Å². The molecule has 0 N–H and O–H groups in total. The maximum absolute atomic E-state index is 10.5. The SMILES string of the molecule is CC(=O)/C=C(/C)[N-]C(C)C.Cc1[c-]c(-c2nc3ccccc3c3ccsc23)cc(C)c1.[Ir]. The predicted octanol–water partition coefficient (Wildman–Crippen LogP) is 7.79. The summed E-state index contributed by atoms with van der Waals surface area (Å²) in [7, 11) is 0. The molecule has 0 aliphatic carbocycles. The van der Waals surface area contributed by atoms with Crippen molar-refractivity contribution in [3.05, 3.63) is 82.1 Å². The third-order valence-corrected chi connectivity index (χ3v) is 5.51. The minimum atomic E-state index is 0. The number of fused-ring (bicyclic) bond motifs is 3. The molecule has 0 spiro atoms. The topological polar surface area (TPSA) is 44.1 Å². The van der Waals surface area contributed by atoms with Gasteiger partial charge in [0.05, 0.1) is 5.52 Å². The zero-order valence-corrected chi connectivity index (χ0v) is 22.5. The van der Waals surface area contributed by atoms with Gasteiger partial charge in [-0.25, -0.2) is 0 Å². The molecule has 0 saturated heterocycles. The van der Waals surface area contributed by atoms with E-state index in [1.54, 1.807) is 17.4 Å². The molecule has 0 atom stereocenters. The molecule has 5 heteroatoms. The van der Waals surface area contributed by atoms with Gasteiger partial charge in [-0.2, -0.15) is 17.0 Å². The van der Waals surface area contributed by atoms with Gasteiger partial charge >= 0.3 is 0 Å². The minimum Gasteiger partial charge on any atom is -0.686 e. The Kier molecular flexibility index (Phi) is 9.32. The summed E-state index contributed by atoms with van der Waals surface area (Å²) >= 11 is 1.75. The number of benzene rings is 2. The Labute approximate surface area is 208 Å². The number of thiophene rings is 1. The van der Waals surface area contributed by atoms with Gasteiger partial charge in [-0.15, -0.1) is 40.9 Å². The quantitative estimate of drug-likeness (QED) is 0.173. The van der Waals surface area contributed by atoms with Crippen molar-refractivity contribution >= 4 is 38.1 Å². The van der Waals surface area contributed by atoms with Gasteiger partial charge in [0, 0.05) is 35.9 Å². The third-order valence-electron chi connectivity index (χ3n) is 4.58. The number of aryl methyl sites for hydroxylation is 2. The summed E-state index contributed by atoms with van der Waals surface area (Å²) in [5.74, 6) is 0.0573. The van der Waals surface area contributed by atoms with E-state index in [-0.39, 0.29) is 31.9 Å². The van der Waals surface area contributed by atoms with Crippen LogP contribution in [0.25, 0.3) is 37.6 Å². The summed E-state index contributed by atoms with van der Waals surface area (Å²) in [5.41, 5.74) is 6.40. The fraction of sp³-hybridized carbons (Fsp3) is 0.259. The second-order valence-electron chi connectivity index (χ2n) is 8.01. The van der Waals surface area contributed by atoms with E-state index in [2.05, 4.69) is 67.0 Å². The van der Waals surface area contributed by atoms with Gasteiger partial charge in [-0.1, -0.05) is 52.8 Å². The molecule has 2 aromatic carbocycles. The van der Waals surface area contributed by atoms with Gasteiger partial charge in [0.2, 0.25) is 0 Å². The smallest absolute Gasteiger partial charge is 0.151 e. The summed E-state index contributed by atoms with van der Waals surface area (Å²) < 4.78 is 1.25. The van der Waals surface area contributed by atoms with Crippen LogP contribution in [0.5, 0.6) is 0 Å². The van der Waals surface area contributed by atoms with Crippen LogP contribution in [-0.2, 0) is 24.9 Å². The van der Waals surface area contributed by atoms with Gasteiger partial charge < -0.3 is 5.32 Å². The maximum atomic E-state index is 10.5. The number of hydrogen-bond donors (Lipinski definition) is 0. The number of rotatable bonds is 4. The molecule has 0 bridgehead atoms. The molecule has 0 amide bonds. The molecule has 169 valence electrons. The number of carbonyl (C=O) groups excluding carboxylic acids is 1. The number of hydrogen-bond acceptors (Lipinski definition) is 3. The first-order valence-corrected chi connectivity index (χ1v) is 11.3. The monoisotopic (exact) mass is 621 g/mol. The average molecular weight is 621 g/mol. The number of ketones is 1. The Morgan fingerprint density at radius 3 is 2.47 bits per heavy atom. The number of allylic oxidation sites excluding steroid dienone is 2. The van der Waals surface area contributed by atoms with Gasteiger partial charge in [-0.3, -0.25) is 9.78 Å². The zero-order chi connectivity index (χ0) is 22.5. The van der Waals surface area contributed by atoms with E-state index in [1.807, 2.05) is 26.8 Å². The first-order chi connectivity index (χ1) is 14.7. The van der Waals surface area contributed by atoms with E-state index < -0.39 is 0 Å². The molecule has 3 nitrogen and oxygen atoms in total. The normalized spacial score (nSPS) is 11.2. The van der Waals surface area contributed by atoms with Crippen LogP contribution in [0.4, 0.5) is 0 Å². The molecule has 0 aliphatic rings.